The van der Waals surface area contributed by atoms with Crippen LogP contribution in [0.25, 0.3) is 5.65 Å². The Hall–Kier alpha value is -2.21. The molecule has 0 radical (unpaired) electrons. The van der Waals surface area contributed by atoms with Crippen molar-refractivity contribution in [3.8, 4) is 0 Å². The fraction of sp³-hybridized carbons (Fsp3) is 0.438. The van der Waals surface area contributed by atoms with Crippen molar-refractivity contribution < 1.29 is 4.79 Å². The van der Waals surface area contributed by atoms with Crippen molar-refractivity contribution in [3.63, 3.8) is 0 Å². The maximum Gasteiger partial charge on any atom is 0.258 e. The summed E-state index contributed by atoms with van der Waals surface area (Å²) in [4.78, 5) is 32.2. The van der Waals surface area contributed by atoms with Crippen LogP contribution in [0.4, 0.5) is 0 Å². The molecule has 2 aromatic rings. The van der Waals surface area contributed by atoms with E-state index in [2.05, 4.69) is 9.88 Å². The Morgan fingerprint density at radius 2 is 2.00 bits per heavy atom. The molecule has 3 heterocycles. The quantitative estimate of drug-likeness (QED) is 0.818. The van der Waals surface area contributed by atoms with E-state index in [-0.39, 0.29) is 11.5 Å². The zero-order valence-corrected chi connectivity index (χ0v) is 13.0. The van der Waals surface area contributed by atoms with Crippen LogP contribution in [0.15, 0.2) is 29.2 Å². The van der Waals surface area contributed by atoms with Gasteiger partial charge in [0.15, 0.2) is 0 Å². The van der Waals surface area contributed by atoms with Gasteiger partial charge < -0.3 is 4.90 Å². The first-order valence-electron chi connectivity index (χ1n) is 7.50. The number of hydrogen-bond acceptors (Lipinski definition) is 4. The average molecular weight is 300 g/mol. The summed E-state index contributed by atoms with van der Waals surface area (Å²) in [5.41, 5.74) is 2.44. The number of pyridine rings is 1. The Bertz CT molecular complexity index is 760. The van der Waals surface area contributed by atoms with Crippen LogP contribution in [0.3, 0.4) is 0 Å². The molecule has 2 aromatic heterocycles. The first kappa shape index (κ1) is 14.7. The van der Waals surface area contributed by atoms with E-state index in [0.29, 0.717) is 12.2 Å². The second-order valence-corrected chi connectivity index (χ2v) is 5.75. The van der Waals surface area contributed by atoms with E-state index in [1.54, 1.807) is 23.6 Å². The number of carbonyl (C=O) groups excluding carboxylic acids is 1. The van der Waals surface area contributed by atoms with Gasteiger partial charge in [0.2, 0.25) is 5.91 Å². The number of amides is 1. The van der Waals surface area contributed by atoms with Crippen LogP contribution in [0, 0.1) is 6.92 Å². The molecule has 1 fully saturated rings. The maximum atomic E-state index is 12.2. The predicted octanol–water partition coefficient (Wildman–Crippen LogP) is 0.667. The van der Waals surface area contributed by atoms with Crippen LogP contribution in [0.2, 0.25) is 0 Å². The van der Waals surface area contributed by atoms with Crippen molar-refractivity contribution in [2.45, 2.75) is 20.4 Å². The van der Waals surface area contributed by atoms with Crippen molar-refractivity contribution in [1.29, 1.82) is 0 Å². The van der Waals surface area contributed by atoms with Gasteiger partial charge in [-0.15, -0.1) is 0 Å². The molecule has 0 aromatic carbocycles. The Kier molecular flexibility index (Phi) is 3.94. The molecule has 3 rings (SSSR count). The van der Waals surface area contributed by atoms with E-state index < -0.39 is 0 Å². The molecule has 0 atom stereocenters. The third-order valence-corrected chi connectivity index (χ3v) is 4.14. The number of piperazine rings is 1. The minimum atomic E-state index is -0.0499. The van der Waals surface area contributed by atoms with E-state index in [0.717, 1.165) is 37.4 Å². The Morgan fingerprint density at radius 3 is 2.68 bits per heavy atom. The van der Waals surface area contributed by atoms with Gasteiger partial charge in [0.1, 0.15) is 5.65 Å². The summed E-state index contributed by atoms with van der Waals surface area (Å²) in [5.74, 6) is 0.123. The average Bonchev–Trinajstić information content (AvgIpc) is 2.49. The van der Waals surface area contributed by atoms with Crippen molar-refractivity contribution in [2.75, 3.05) is 26.2 Å². The molecule has 22 heavy (non-hydrogen) atoms. The summed E-state index contributed by atoms with van der Waals surface area (Å²) in [5, 5.41) is 0. The van der Waals surface area contributed by atoms with E-state index >= 15 is 0 Å². The molecular formula is C16H20N4O2. The fourth-order valence-corrected chi connectivity index (χ4v) is 2.84. The molecule has 0 saturated carbocycles. The number of hydrogen-bond donors (Lipinski definition) is 0. The van der Waals surface area contributed by atoms with Gasteiger partial charge in [0, 0.05) is 51.9 Å². The molecule has 0 unspecified atom stereocenters. The third-order valence-electron chi connectivity index (χ3n) is 4.14. The predicted molar refractivity (Wildman–Crippen MR) is 83.7 cm³/mol. The molecule has 0 aliphatic carbocycles. The summed E-state index contributed by atoms with van der Waals surface area (Å²) >= 11 is 0. The van der Waals surface area contributed by atoms with Crippen LogP contribution in [-0.2, 0) is 11.3 Å². The van der Waals surface area contributed by atoms with Gasteiger partial charge in [0.25, 0.3) is 5.56 Å². The highest BCUT2D eigenvalue weighted by Crippen LogP contribution is 2.09. The van der Waals surface area contributed by atoms with Gasteiger partial charge >= 0.3 is 0 Å². The van der Waals surface area contributed by atoms with Crippen molar-refractivity contribution >= 4 is 11.6 Å². The number of fused-ring (bicyclic) bond motifs is 1. The standard InChI is InChI=1S/C16H20N4O2/c1-12-4-3-5-20-15(22)10-14(17-16(12)20)11-18-6-8-19(9-7-18)13(2)21/h3-5,10H,6-9,11H2,1-2H3. The van der Waals surface area contributed by atoms with Crippen molar-refractivity contribution in [3.05, 3.63) is 46.0 Å². The fourth-order valence-electron chi connectivity index (χ4n) is 2.84. The van der Waals surface area contributed by atoms with Gasteiger partial charge in [-0.3, -0.25) is 18.9 Å². The van der Waals surface area contributed by atoms with Gasteiger partial charge in [-0.25, -0.2) is 4.98 Å². The highest BCUT2D eigenvalue weighted by atomic mass is 16.2. The summed E-state index contributed by atoms with van der Waals surface area (Å²) in [6.45, 7) is 7.30. The lowest BCUT2D eigenvalue weighted by Crippen LogP contribution is -2.47. The van der Waals surface area contributed by atoms with Gasteiger partial charge in [-0.1, -0.05) is 6.07 Å². The first-order valence-corrected chi connectivity index (χ1v) is 7.50. The van der Waals surface area contributed by atoms with E-state index in [9.17, 15) is 9.59 Å². The molecule has 116 valence electrons. The molecule has 6 nitrogen and oxygen atoms in total. The second-order valence-electron chi connectivity index (χ2n) is 5.75. The normalized spacial score (nSPS) is 16.2. The van der Waals surface area contributed by atoms with Gasteiger partial charge in [-0.2, -0.15) is 0 Å². The molecule has 0 N–H and O–H groups in total. The van der Waals surface area contributed by atoms with Crippen LogP contribution in [-0.4, -0.2) is 51.3 Å². The lowest BCUT2D eigenvalue weighted by molar-refractivity contribution is -0.130. The number of rotatable bonds is 2. The van der Waals surface area contributed by atoms with Crippen LogP contribution >= 0.6 is 0 Å². The molecule has 1 saturated heterocycles. The minimum absolute atomic E-state index is 0.0499. The Morgan fingerprint density at radius 1 is 1.27 bits per heavy atom. The minimum Gasteiger partial charge on any atom is -0.340 e. The molecule has 1 aliphatic rings. The molecule has 6 heteroatoms. The lowest BCUT2D eigenvalue weighted by atomic mass is 10.2. The van der Waals surface area contributed by atoms with Gasteiger partial charge in [0.05, 0.1) is 5.69 Å². The summed E-state index contributed by atoms with van der Waals surface area (Å²) in [7, 11) is 0. The van der Waals surface area contributed by atoms with E-state index in [1.807, 2.05) is 24.0 Å². The van der Waals surface area contributed by atoms with Crippen LogP contribution in [0.1, 0.15) is 18.2 Å². The molecular weight excluding hydrogens is 280 g/mol. The Labute approximate surface area is 129 Å². The number of nitrogens with zero attached hydrogens (tertiary/aromatic N) is 4. The number of aryl methyl sites for hydroxylation is 1. The Balaban J connectivity index is 1.79. The van der Waals surface area contributed by atoms with E-state index in [1.165, 1.54) is 0 Å². The number of aromatic nitrogens is 2. The molecule has 0 bridgehead atoms. The largest absolute Gasteiger partial charge is 0.340 e. The lowest BCUT2D eigenvalue weighted by Gasteiger charge is -2.33. The number of carbonyl (C=O) groups is 1. The van der Waals surface area contributed by atoms with Crippen molar-refractivity contribution in [1.82, 2.24) is 19.2 Å². The van der Waals surface area contributed by atoms with Crippen LogP contribution in [0.5, 0.6) is 0 Å². The third kappa shape index (κ3) is 2.87. The topological polar surface area (TPSA) is 57.9 Å². The highest BCUT2D eigenvalue weighted by molar-refractivity contribution is 5.73. The SMILES string of the molecule is CC(=O)N1CCN(Cc2cc(=O)n3cccc(C)c3n2)CC1. The van der Waals surface area contributed by atoms with Gasteiger partial charge in [-0.05, 0) is 18.6 Å². The summed E-state index contributed by atoms with van der Waals surface area (Å²) in [6.07, 6.45) is 1.74. The molecule has 0 spiro atoms. The monoisotopic (exact) mass is 300 g/mol. The maximum absolute atomic E-state index is 12.2. The summed E-state index contributed by atoms with van der Waals surface area (Å²) in [6, 6.07) is 5.41. The summed E-state index contributed by atoms with van der Waals surface area (Å²) < 4.78 is 1.58. The van der Waals surface area contributed by atoms with Crippen molar-refractivity contribution in [2.24, 2.45) is 0 Å². The second kappa shape index (κ2) is 5.88. The zero-order chi connectivity index (χ0) is 15.7. The zero-order valence-electron chi connectivity index (χ0n) is 13.0. The smallest absolute Gasteiger partial charge is 0.258 e. The highest BCUT2D eigenvalue weighted by Gasteiger charge is 2.19. The van der Waals surface area contributed by atoms with Crippen LogP contribution < -0.4 is 5.56 Å². The first-order chi connectivity index (χ1) is 10.5. The van der Waals surface area contributed by atoms with E-state index in [4.69, 9.17) is 0 Å². The molecule has 1 amide bonds. The molecule has 1 aliphatic heterocycles.